The highest BCUT2D eigenvalue weighted by molar-refractivity contribution is 5.69. The number of carbonyl (C=O) groups is 1. The third-order valence-corrected chi connectivity index (χ3v) is 2.69. The lowest BCUT2D eigenvalue weighted by Crippen LogP contribution is -1.98. The average Bonchev–Trinajstić information content (AvgIpc) is 2.43. The maximum absolute atomic E-state index is 10.9. The topological polar surface area (TPSA) is 26.3 Å². The smallest absolute Gasteiger partial charge is 0.305 e. The predicted octanol–water partition coefficient (Wildman–Crippen LogP) is 3.99. The van der Waals surface area contributed by atoms with Crippen LogP contribution in [0.4, 0.5) is 0 Å². The molecule has 96 valence electrons. The molecule has 0 N–H and O–H groups in total. The maximum atomic E-state index is 10.9. The van der Waals surface area contributed by atoms with Crippen molar-refractivity contribution >= 4 is 11.5 Å². The summed E-state index contributed by atoms with van der Waals surface area (Å²) in [6, 6.07) is 10.2. The lowest BCUT2D eigenvalue weighted by molar-refractivity contribution is -0.140. The Morgan fingerprint density at radius 2 is 2.00 bits per heavy atom. The van der Waals surface area contributed by atoms with Crippen LogP contribution in [0, 0.1) is 0 Å². The van der Waals surface area contributed by atoms with Gasteiger partial charge in [-0.25, -0.2) is 0 Å². The number of carbonyl (C=O) groups excluding carboxylic acids is 1. The molecule has 0 spiro atoms. The minimum Gasteiger partial charge on any atom is -0.469 e. The van der Waals surface area contributed by atoms with Crippen molar-refractivity contribution < 1.29 is 9.53 Å². The molecule has 0 radical (unpaired) electrons. The van der Waals surface area contributed by atoms with Gasteiger partial charge >= 0.3 is 5.97 Å². The van der Waals surface area contributed by atoms with Gasteiger partial charge in [0.25, 0.3) is 0 Å². The van der Waals surface area contributed by atoms with E-state index < -0.39 is 0 Å². The molecule has 0 atom stereocenters. The normalized spacial score (nSPS) is 10.5. The average molecular weight is 244 g/mol. The fourth-order valence-corrected chi connectivity index (χ4v) is 1.60. The van der Waals surface area contributed by atoms with Crippen molar-refractivity contribution in [2.75, 3.05) is 7.11 Å². The number of hydrogen-bond donors (Lipinski definition) is 0. The van der Waals surface area contributed by atoms with Gasteiger partial charge in [0.1, 0.15) is 0 Å². The summed E-state index contributed by atoms with van der Waals surface area (Å²) in [6.07, 6.45) is 7.27. The summed E-state index contributed by atoms with van der Waals surface area (Å²) < 4.78 is 4.58. The molecule has 1 rings (SSSR count). The van der Waals surface area contributed by atoms with E-state index in [1.165, 1.54) is 12.7 Å². The first-order valence-electron chi connectivity index (χ1n) is 6.19. The summed E-state index contributed by atoms with van der Waals surface area (Å²) in [7, 11) is 1.42. The monoisotopic (exact) mass is 244 g/mol. The summed E-state index contributed by atoms with van der Waals surface area (Å²) in [5, 5.41) is 0. The van der Waals surface area contributed by atoms with E-state index in [1.54, 1.807) is 0 Å². The molecule has 2 nitrogen and oxygen atoms in total. The molecule has 0 fully saturated rings. The standard InChI is InChI=1S/C16H20O2/c1-14(15-11-7-5-8-12-15)10-6-3-4-9-13-16(17)18-2/h3,5-8,11-12H,1,4,9-10,13H2,2H3/b6-3+. The molecule has 0 aromatic heterocycles. The van der Waals surface area contributed by atoms with E-state index in [0.717, 1.165) is 24.8 Å². The summed E-state index contributed by atoms with van der Waals surface area (Å²) in [5.41, 5.74) is 2.29. The molecule has 2 heteroatoms. The van der Waals surface area contributed by atoms with Crippen molar-refractivity contribution in [2.45, 2.75) is 25.7 Å². The van der Waals surface area contributed by atoms with Crippen LogP contribution in [0.2, 0.25) is 0 Å². The van der Waals surface area contributed by atoms with E-state index in [9.17, 15) is 4.79 Å². The van der Waals surface area contributed by atoms with E-state index in [2.05, 4.69) is 35.6 Å². The van der Waals surface area contributed by atoms with Crippen LogP contribution in [-0.4, -0.2) is 13.1 Å². The number of unbranched alkanes of at least 4 members (excludes halogenated alkanes) is 1. The van der Waals surface area contributed by atoms with Gasteiger partial charge in [-0.2, -0.15) is 0 Å². The number of benzene rings is 1. The Kier molecular flexibility index (Phi) is 6.55. The molecular weight excluding hydrogens is 224 g/mol. The number of hydrogen-bond acceptors (Lipinski definition) is 2. The van der Waals surface area contributed by atoms with Crippen LogP contribution < -0.4 is 0 Å². The van der Waals surface area contributed by atoms with Crippen molar-refractivity contribution in [1.82, 2.24) is 0 Å². The number of esters is 1. The van der Waals surface area contributed by atoms with Gasteiger partial charge in [0.15, 0.2) is 0 Å². The van der Waals surface area contributed by atoms with Gasteiger partial charge in [0.2, 0.25) is 0 Å². The van der Waals surface area contributed by atoms with Crippen LogP contribution in [0.25, 0.3) is 5.57 Å². The molecule has 0 amide bonds. The molecular formula is C16H20O2. The largest absolute Gasteiger partial charge is 0.469 e. The van der Waals surface area contributed by atoms with E-state index in [0.29, 0.717) is 6.42 Å². The van der Waals surface area contributed by atoms with Gasteiger partial charge < -0.3 is 4.74 Å². The molecule has 1 aromatic carbocycles. The third-order valence-electron chi connectivity index (χ3n) is 2.69. The van der Waals surface area contributed by atoms with Gasteiger partial charge in [-0.3, -0.25) is 4.79 Å². The first-order chi connectivity index (χ1) is 8.74. The van der Waals surface area contributed by atoms with Crippen LogP contribution in [-0.2, 0) is 9.53 Å². The minimum absolute atomic E-state index is 0.142. The highest BCUT2D eigenvalue weighted by Gasteiger charge is 1.97. The molecule has 0 unspecified atom stereocenters. The zero-order chi connectivity index (χ0) is 13.2. The molecule has 0 heterocycles. The lowest BCUT2D eigenvalue weighted by atomic mass is 10.0. The van der Waals surface area contributed by atoms with Crippen LogP contribution >= 0.6 is 0 Å². The fraction of sp³-hybridized carbons (Fsp3) is 0.312. The van der Waals surface area contributed by atoms with Crippen LogP contribution in [0.3, 0.4) is 0 Å². The zero-order valence-corrected chi connectivity index (χ0v) is 10.9. The molecule has 0 aliphatic carbocycles. The third kappa shape index (κ3) is 5.48. The van der Waals surface area contributed by atoms with Gasteiger partial charge in [-0.05, 0) is 30.4 Å². The quantitative estimate of drug-likeness (QED) is 0.412. The van der Waals surface area contributed by atoms with E-state index in [1.807, 2.05) is 18.2 Å². The van der Waals surface area contributed by atoms with Crippen LogP contribution in [0.1, 0.15) is 31.2 Å². The second kappa shape index (κ2) is 8.29. The van der Waals surface area contributed by atoms with Crippen molar-refractivity contribution in [2.24, 2.45) is 0 Å². The van der Waals surface area contributed by atoms with E-state index in [4.69, 9.17) is 0 Å². The molecule has 0 bridgehead atoms. The fourth-order valence-electron chi connectivity index (χ4n) is 1.60. The highest BCUT2D eigenvalue weighted by Crippen LogP contribution is 2.15. The Balaban J connectivity index is 2.21. The van der Waals surface area contributed by atoms with Gasteiger partial charge in [-0.15, -0.1) is 0 Å². The van der Waals surface area contributed by atoms with Crippen molar-refractivity contribution in [3.8, 4) is 0 Å². The molecule has 18 heavy (non-hydrogen) atoms. The van der Waals surface area contributed by atoms with E-state index >= 15 is 0 Å². The highest BCUT2D eigenvalue weighted by atomic mass is 16.5. The molecule has 0 aliphatic rings. The predicted molar refractivity (Wildman–Crippen MR) is 75.1 cm³/mol. The Hall–Kier alpha value is -1.83. The molecule has 0 saturated heterocycles. The summed E-state index contributed by atoms with van der Waals surface area (Å²) in [4.78, 5) is 10.9. The number of methoxy groups -OCH3 is 1. The molecule has 0 aliphatic heterocycles. The maximum Gasteiger partial charge on any atom is 0.305 e. The number of ether oxygens (including phenoxy) is 1. The van der Waals surface area contributed by atoms with Gasteiger partial charge in [-0.1, -0.05) is 49.1 Å². The SMILES string of the molecule is C=C(C/C=C/CCCC(=O)OC)c1ccccc1. The molecule has 1 aromatic rings. The van der Waals surface area contributed by atoms with Gasteiger partial charge in [0, 0.05) is 6.42 Å². The first kappa shape index (κ1) is 14.2. The molecule has 0 saturated carbocycles. The number of rotatable bonds is 7. The summed E-state index contributed by atoms with van der Waals surface area (Å²) >= 11 is 0. The Labute approximate surface area is 109 Å². The second-order valence-corrected chi connectivity index (χ2v) is 4.11. The van der Waals surface area contributed by atoms with Crippen molar-refractivity contribution in [1.29, 1.82) is 0 Å². The Morgan fingerprint density at radius 1 is 1.28 bits per heavy atom. The van der Waals surface area contributed by atoms with Crippen molar-refractivity contribution in [3.63, 3.8) is 0 Å². The Morgan fingerprint density at radius 3 is 2.67 bits per heavy atom. The second-order valence-electron chi connectivity index (χ2n) is 4.11. The minimum atomic E-state index is -0.142. The van der Waals surface area contributed by atoms with Crippen LogP contribution in [0.15, 0.2) is 49.1 Å². The van der Waals surface area contributed by atoms with Gasteiger partial charge in [0.05, 0.1) is 7.11 Å². The summed E-state index contributed by atoms with van der Waals surface area (Å²) in [6.45, 7) is 4.06. The summed E-state index contributed by atoms with van der Waals surface area (Å²) in [5.74, 6) is -0.142. The zero-order valence-electron chi connectivity index (χ0n) is 10.9. The number of allylic oxidation sites excluding steroid dienone is 3. The first-order valence-corrected chi connectivity index (χ1v) is 6.19. The van der Waals surface area contributed by atoms with Crippen molar-refractivity contribution in [3.05, 3.63) is 54.6 Å². The lowest BCUT2D eigenvalue weighted by Gasteiger charge is -2.01. The Bertz CT molecular complexity index is 404. The van der Waals surface area contributed by atoms with E-state index in [-0.39, 0.29) is 5.97 Å². The van der Waals surface area contributed by atoms with Crippen LogP contribution in [0.5, 0.6) is 0 Å².